The van der Waals surface area contributed by atoms with Crippen molar-refractivity contribution in [2.24, 2.45) is 5.92 Å². The summed E-state index contributed by atoms with van der Waals surface area (Å²) in [6.07, 6.45) is 7.60. The van der Waals surface area contributed by atoms with Gasteiger partial charge in [-0.25, -0.2) is 0 Å². The van der Waals surface area contributed by atoms with Crippen LogP contribution in [0.1, 0.15) is 63.0 Å². The van der Waals surface area contributed by atoms with Crippen LogP contribution in [-0.4, -0.2) is 47.8 Å². The lowest BCUT2D eigenvalue weighted by molar-refractivity contribution is -0.138. The molecule has 0 bridgehead atoms. The number of likely N-dealkylation sites (tertiary alicyclic amines) is 1. The molecule has 6 heteroatoms. The van der Waals surface area contributed by atoms with E-state index < -0.39 is 6.04 Å². The highest BCUT2D eigenvalue weighted by molar-refractivity contribution is 5.87. The molecular formula is C24H35N3O3. The van der Waals surface area contributed by atoms with Crippen molar-refractivity contribution in [3.05, 3.63) is 35.4 Å². The summed E-state index contributed by atoms with van der Waals surface area (Å²) in [5.41, 5.74) is 2.15. The van der Waals surface area contributed by atoms with Gasteiger partial charge in [-0.2, -0.15) is 0 Å². The van der Waals surface area contributed by atoms with Gasteiger partial charge in [0, 0.05) is 38.4 Å². The lowest BCUT2D eigenvalue weighted by atomic mass is 9.87. The molecule has 6 nitrogen and oxygen atoms in total. The Labute approximate surface area is 179 Å². The van der Waals surface area contributed by atoms with Crippen LogP contribution < -0.4 is 10.6 Å². The molecule has 0 spiro atoms. The van der Waals surface area contributed by atoms with E-state index in [9.17, 15) is 14.4 Å². The molecule has 1 saturated carbocycles. The number of aryl methyl sites for hydroxylation is 1. The third-order valence-corrected chi connectivity index (χ3v) is 6.32. The monoisotopic (exact) mass is 413 g/mol. The zero-order chi connectivity index (χ0) is 21.5. The maximum absolute atomic E-state index is 12.9. The SMILES string of the molecule is CC(=O)NC(Cc1cccc(C)c1)C(=O)NC1CCN(C(=O)C2CCCCC2)CC1. The van der Waals surface area contributed by atoms with Crippen LogP contribution in [0.15, 0.2) is 24.3 Å². The highest BCUT2D eigenvalue weighted by Crippen LogP contribution is 2.26. The van der Waals surface area contributed by atoms with Gasteiger partial charge in [-0.05, 0) is 38.2 Å². The van der Waals surface area contributed by atoms with Gasteiger partial charge in [-0.3, -0.25) is 14.4 Å². The summed E-state index contributed by atoms with van der Waals surface area (Å²) in [4.78, 5) is 39.2. The van der Waals surface area contributed by atoms with E-state index in [1.54, 1.807) is 0 Å². The number of piperidine rings is 1. The number of hydrogen-bond acceptors (Lipinski definition) is 3. The lowest BCUT2D eigenvalue weighted by Crippen LogP contribution is -2.53. The molecular weight excluding hydrogens is 378 g/mol. The molecule has 1 aliphatic carbocycles. The van der Waals surface area contributed by atoms with Crippen molar-refractivity contribution in [2.75, 3.05) is 13.1 Å². The Hall–Kier alpha value is -2.37. The van der Waals surface area contributed by atoms with Crippen LogP contribution in [0.3, 0.4) is 0 Å². The van der Waals surface area contributed by atoms with E-state index in [1.807, 2.05) is 36.1 Å². The minimum atomic E-state index is -0.591. The number of rotatable bonds is 6. The number of nitrogens with one attached hydrogen (secondary N) is 2. The molecule has 1 atom stereocenters. The summed E-state index contributed by atoms with van der Waals surface area (Å²) in [6, 6.07) is 7.45. The molecule has 3 rings (SSSR count). The molecule has 30 heavy (non-hydrogen) atoms. The first-order valence-electron chi connectivity index (χ1n) is 11.3. The van der Waals surface area contributed by atoms with Crippen LogP contribution >= 0.6 is 0 Å². The van der Waals surface area contributed by atoms with Crippen molar-refractivity contribution in [3.63, 3.8) is 0 Å². The topological polar surface area (TPSA) is 78.5 Å². The van der Waals surface area contributed by atoms with Crippen molar-refractivity contribution in [3.8, 4) is 0 Å². The number of nitrogens with zero attached hydrogens (tertiary/aromatic N) is 1. The molecule has 1 aliphatic heterocycles. The first-order chi connectivity index (χ1) is 14.4. The summed E-state index contributed by atoms with van der Waals surface area (Å²) in [5.74, 6) is 0.137. The molecule has 1 aromatic carbocycles. The average Bonchev–Trinajstić information content (AvgIpc) is 2.73. The molecule has 1 aromatic rings. The summed E-state index contributed by atoms with van der Waals surface area (Å²) in [6.45, 7) is 4.84. The van der Waals surface area contributed by atoms with Gasteiger partial charge in [0.25, 0.3) is 0 Å². The number of carbonyl (C=O) groups is 3. The van der Waals surface area contributed by atoms with Crippen LogP contribution in [0, 0.1) is 12.8 Å². The van der Waals surface area contributed by atoms with Crippen LogP contribution in [0.2, 0.25) is 0 Å². The van der Waals surface area contributed by atoms with Gasteiger partial charge in [0.05, 0.1) is 0 Å². The van der Waals surface area contributed by atoms with Gasteiger partial charge >= 0.3 is 0 Å². The molecule has 3 amide bonds. The Morgan fingerprint density at radius 2 is 1.77 bits per heavy atom. The van der Waals surface area contributed by atoms with Gasteiger partial charge in [0.15, 0.2) is 0 Å². The Morgan fingerprint density at radius 3 is 2.40 bits per heavy atom. The standard InChI is InChI=1S/C24H35N3O3/c1-17-7-6-8-19(15-17)16-22(25-18(2)28)23(29)26-21-11-13-27(14-12-21)24(30)20-9-4-3-5-10-20/h6-8,15,20-22H,3-5,9-14,16H2,1-2H3,(H,25,28)(H,26,29). The second-order valence-electron chi connectivity index (χ2n) is 8.89. The Bertz CT molecular complexity index is 750. The summed E-state index contributed by atoms with van der Waals surface area (Å²) in [7, 11) is 0. The fraction of sp³-hybridized carbons (Fsp3) is 0.625. The third kappa shape index (κ3) is 6.31. The van der Waals surface area contributed by atoms with Crippen LogP contribution in [-0.2, 0) is 20.8 Å². The Balaban J connectivity index is 1.52. The largest absolute Gasteiger partial charge is 0.351 e. The number of carbonyl (C=O) groups excluding carboxylic acids is 3. The fourth-order valence-electron chi connectivity index (χ4n) is 4.68. The van der Waals surface area contributed by atoms with Crippen molar-refractivity contribution >= 4 is 17.7 Å². The molecule has 0 aromatic heterocycles. The van der Waals surface area contributed by atoms with E-state index in [1.165, 1.54) is 13.3 Å². The maximum atomic E-state index is 12.9. The van der Waals surface area contributed by atoms with Crippen LogP contribution in [0.4, 0.5) is 0 Å². The Kier molecular flexibility index (Phi) is 7.88. The lowest BCUT2D eigenvalue weighted by Gasteiger charge is -2.36. The first kappa shape index (κ1) is 22.3. The number of amides is 3. The minimum absolute atomic E-state index is 0.0432. The minimum Gasteiger partial charge on any atom is -0.351 e. The summed E-state index contributed by atoms with van der Waals surface area (Å²) < 4.78 is 0. The quantitative estimate of drug-likeness (QED) is 0.753. The van der Waals surface area contributed by atoms with E-state index in [2.05, 4.69) is 10.6 Å². The third-order valence-electron chi connectivity index (χ3n) is 6.32. The number of benzene rings is 1. The fourth-order valence-corrected chi connectivity index (χ4v) is 4.68. The predicted molar refractivity (Wildman–Crippen MR) is 117 cm³/mol. The highest BCUT2D eigenvalue weighted by Gasteiger charge is 2.30. The molecule has 164 valence electrons. The van der Waals surface area contributed by atoms with Gasteiger partial charge < -0.3 is 15.5 Å². The molecule has 2 fully saturated rings. The van der Waals surface area contributed by atoms with Gasteiger partial charge in [-0.15, -0.1) is 0 Å². The van der Waals surface area contributed by atoms with E-state index >= 15 is 0 Å². The highest BCUT2D eigenvalue weighted by atomic mass is 16.2. The molecule has 2 aliphatic rings. The second kappa shape index (κ2) is 10.6. The predicted octanol–water partition coefficient (Wildman–Crippen LogP) is 2.73. The maximum Gasteiger partial charge on any atom is 0.243 e. The van der Waals surface area contributed by atoms with Crippen molar-refractivity contribution in [1.82, 2.24) is 15.5 Å². The van der Waals surface area contributed by atoms with E-state index in [-0.39, 0.29) is 23.8 Å². The van der Waals surface area contributed by atoms with Crippen molar-refractivity contribution in [2.45, 2.75) is 77.3 Å². The van der Waals surface area contributed by atoms with Gasteiger partial charge in [0.1, 0.15) is 6.04 Å². The van der Waals surface area contributed by atoms with Crippen LogP contribution in [0.25, 0.3) is 0 Å². The smallest absolute Gasteiger partial charge is 0.243 e. The van der Waals surface area contributed by atoms with E-state index in [0.29, 0.717) is 25.4 Å². The molecule has 1 saturated heterocycles. The zero-order valence-electron chi connectivity index (χ0n) is 18.3. The van der Waals surface area contributed by atoms with Crippen LogP contribution in [0.5, 0.6) is 0 Å². The second-order valence-corrected chi connectivity index (χ2v) is 8.89. The average molecular weight is 414 g/mol. The van der Waals surface area contributed by atoms with Crippen molar-refractivity contribution < 1.29 is 14.4 Å². The Morgan fingerprint density at radius 1 is 1.07 bits per heavy atom. The molecule has 2 N–H and O–H groups in total. The first-order valence-corrected chi connectivity index (χ1v) is 11.3. The summed E-state index contributed by atoms with van der Waals surface area (Å²) in [5, 5.41) is 5.90. The summed E-state index contributed by atoms with van der Waals surface area (Å²) >= 11 is 0. The van der Waals surface area contributed by atoms with Crippen molar-refractivity contribution in [1.29, 1.82) is 0 Å². The van der Waals surface area contributed by atoms with Gasteiger partial charge in [-0.1, -0.05) is 49.1 Å². The zero-order valence-corrected chi connectivity index (χ0v) is 18.3. The van der Waals surface area contributed by atoms with Gasteiger partial charge in [0.2, 0.25) is 17.7 Å². The molecule has 1 unspecified atom stereocenters. The van der Waals surface area contributed by atoms with E-state index in [0.717, 1.165) is 49.7 Å². The molecule has 0 radical (unpaired) electrons. The number of hydrogen-bond donors (Lipinski definition) is 2. The molecule has 1 heterocycles. The van der Waals surface area contributed by atoms with E-state index in [4.69, 9.17) is 0 Å². The normalized spacial score (nSPS) is 19.2.